The summed E-state index contributed by atoms with van der Waals surface area (Å²) >= 11 is 12.3. The van der Waals surface area contributed by atoms with Gasteiger partial charge >= 0.3 is 0 Å². The van der Waals surface area contributed by atoms with E-state index in [9.17, 15) is 0 Å². The van der Waals surface area contributed by atoms with Crippen LogP contribution in [-0.4, -0.2) is 16.7 Å². The molecule has 4 nitrogen and oxygen atoms in total. The summed E-state index contributed by atoms with van der Waals surface area (Å²) in [7, 11) is 1.64. The maximum Gasteiger partial charge on any atom is 0.132 e. The van der Waals surface area contributed by atoms with Crippen molar-refractivity contribution in [3.05, 3.63) is 100 Å². The molecular formula is C24H20Cl2N2O2. The second kappa shape index (κ2) is 9.24. The minimum absolute atomic E-state index is 0.460. The molecule has 0 radical (unpaired) electrons. The monoisotopic (exact) mass is 438 g/mol. The Hall–Kier alpha value is -2.95. The Morgan fingerprint density at radius 1 is 0.967 bits per heavy atom. The molecule has 0 bridgehead atoms. The fourth-order valence-corrected chi connectivity index (χ4v) is 3.60. The van der Waals surface area contributed by atoms with Crippen molar-refractivity contribution < 1.29 is 9.47 Å². The van der Waals surface area contributed by atoms with Crippen LogP contribution >= 0.6 is 23.2 Å². The first kappa shape index (κ1) is 20.3. The summed E-state index contributed by atoms with van der Waals surface area (Å²) in [5, 5.41) is 1.25. The molecule has 6 heteroatoms. The van der Waals surface area contributed by atoms with E-state index < -0.39 is 0 Å². The molecule has 4 aromatic rings. The van der Waals surface area contributed by atoms with Crippen molar-refractivity contribution in [1.82, 2.24) is 9.55 Å². The van der Waals surface area contributed by atoms with Gasteiger partial charge in [-0.25, -0.2) is 4.98 Å². The van der Waals surface area contributed by atoms with Crippen LogP contribution in [0.1, 0.15) is 11.1 Å². The Bertz CT molecular complexity index is 1140. The van der Waals surface area contributed by atoms with E-state index in [0.29, 0.717) is 28.9 Å². The highest BCUT2D eigenvalue weighted by Gasteiger charge is 2.12. The number of halogens is 2. The molecule has 3 aromatic carbocycles. The number of rotatable bonds is 7. The summed E-state index contributed by atoms with van der Waals surface area (Å²) < 4.78 is 13.5. The van der Waals surface area contributed by atoms with E-state index in [0.717, 1.165) is 28.1 Å². The maximum absolute atomic E-state index is 6.31. The smallest absolute Gasteiger partial charge is 0.132 e. The quantitative estimate of drug-likeness (QED) is 0.330. The number of imidazole rings is 1. The normalized spacial score (nSPS) is 10.8. The molecule has 0 N–H and O–H groups in total. The molecule has 0 saturated carbocycles. The summed E-state index contributed by atoms with van der Waals surface area (Å²) in [6.07, 6.45) is 3.76. The minimum atomic E-state index is 0.460. The van der Waals surface area contributed by atoms with E-state index in [1.54, 1.807) is 19.5 Å². The molecule has 0 aliphatic rings. The highest BCUT2D eigenvalue weighted by molar-refractivity contribution is 6.35. The molecule has 0 atom stereocenters. The van der Waals surface area contributed by atoms with Crippen LogP contribution in [0.15, 0.2) is 79.3 Å². The standard InChI is InChI=1S/C24H20Cl2N2O2/c1-29-20-9-10-21(24(12-20)30-15-17-5-3-2-4-6-17)23-14-28(16-27-23)13-18-7-8-19(25)11-22(18)26/h2-12,14,16H,13,15H2,1H3. The Kier molecular flexibility index (Phi) is 6.26. The zero-order valence-electron chi connectivity index (χ0n) is 16.4. The molecule has 1 heterocycles. The fraction of sp³-hybridized carbons (Fsp3) is 0.125. The van der Waals surface area contributed by atoms with Crippen LogP contribution < -0.4 is 9.47 Å². The number of hydrogen-bond acceptors (Lipinski definition) is 3. The van der Waals surface area contributed by atoms with E-state index in [1.807, 2.05) is 71.4 Å². The molecule has 0 saturated heterocycles. The van der Waals surface area contributed by atoms with E-state index in [-0.39, 0.29) is 0 Å². The first-order valence-corrected chi connectivity index (χ1v) is 10.2. The number of aromatic nitrogens is 2. The van der Waals surface area contributed by atoms with Gasteiger partial charge in [-0.05, 0) is 35.4 Å². The summed E-state index contributed by atoms with van der Waals surface area (Å²) in [6, 6.07) is 21.3. The average molecular weight is 439 g/mol. The van der Waals surface area contributed by atoms with Gasteiger partial charge in [0.1, 0.15) is 18.1 Å². The predicted octanol–water partition coefficient (Wildman–Crippen LogP) is 6.49. The SMILES string of the molecule is COc1ccc(-c2cn(Cc3ccc(Cl)cc3Cl)cn2)c(OCc2ccccc2)c1. The van der Waals surface area contributed by atoms with Gasteiger partial charge in [-0.3, -0.25) is 0 Å². The van der Waals surface area contributed by atoms with Gasteiger partial charge in [0.15, 0.2) is 0 Å². The van der Waals surface area contributed by atoms with Crippen LogP contribution in [0.5, 0.6) is 11.5 Å². The summed E-state index contributed by atoms with van der Waals surface area (Å²) in [5.74, 6) is 1.45. The number of benzene rings is 3. The van der Waals surface area contributed by atoms with Crippen LogP contribution in [0.25, 0.3) is 11.3 Å². The zero-order valence-corrected chi connectivity index (χ0v) is 17.9. The molecule has 0 unspecified atom stereocenters. The van der Waals surface area contributed by atoms with Crippen molar-refractivity contribution in [2.75, 3.05) is 7.11 Å². The van der Waals surface area contributed by atoms with Crippen molar-refractivity contribution in [3.63, 3.8) is 0 Å². The van der Waals surface area contributed by atoms with Gasteiger partial charge in [-0.15, -0.1) is 0 Å². The second-order valence-corrected chi connectivity index (χ2v) is 7.65. The van der Waals surface area contributed by atoms with Crippen LogP contribution in [0.2, 0.25) is 10.0 Å². The fourth-order valence-electron chi connectivity index (χ4n) is 3.13. The Balaban J connectivity index is 1.58. The second-order valence-electron chi connectivity index (χ2n) is 6.80. The van der Waals surface area contributed by atoms with Gasteiger partial charge in [-0.1, -0.05) is 59.6 Å². The number of nitrogens with zero attached hydrogens (tertiary/aromatic N) is 2. The molecule has 152 valence electrons. The average Bonchev–Trinajstić information content (AvgIpc) is 3.23. The van der Waals surface area contributed by atoms with Crippen LogP contribution in [0.4, 0.5) is 0 Å². The molecule has 0 aliphatic heterocycles. The Labute approximate surface area is 185 Å². The third-order valence-electron chi connectivity index (χ3n) is 4.70. The van der Waals surface area contributed by atoms with Crippen molar-refractivity contribution >= 4 is 23.2 Å². The molecule has 0 aliphatic carbocycles. The molecule has 0 amide bonds. The van der Waals surface area contributed by atoms with Gasteiger partial charge in [0.2, 0.25) is 0 Å². The topological polar surface area (TPSA) is 36.3 Å². The lowest BCUT2D eigenvalue weighted by atomic mass is 10.1. The summed E-state index contributed by atoms with van der Waals surface area (Å²) in [6.45, 7) is 1.06. The maximum atomic E-state index is 6.31. The van der Waals surface area contributed by atoms with Gasteiger partial charge in [0.05, 0.1) is 19.1 Å². The van der Waals surface area contributed by atoms with Gasteiger partial charge < -0.3 is 14.0 Å². The van der Waals surface area contributed by atoms with Crippen molar-refractivity contribution in [2.24, 2.45) is 0 Å². The lowest BCUT2D eigenvalue weighted by Gasteiger charge is -2.12. The molecule has 0 fully saturated rings. The van der Waals surface area contributed by atoms with Crippen LogP contribution in [-0.2, 0) is 13.2 Å². The highest BCUT2D eigenvalue weighted by Crippen LogP contribution is 2.33. The summed E-state index contributed by atoms with van der Waals surface area (Å²) in [4.78, 5) is 4.57. The summed E-state index contributed by atoms with van der Waals surface area (Å²) in [5.41, 5.74) is 3.77. The third-order valence-corrected chi connectivity index (χ3v) is 5.29. The van der Waals surface area contributed by atoms with E-state index in [2.05, 4.69) is 4.98 Å². The van der Waals surface area contributed by atoms with Gasteiger partial charge in [-0.2, -0.15) is 0 Å². The zero-order chi connectivity index (χ0) is 20.9. The lowest BCUT2D eigenvalue weighted by molar-refractivity contribution is 0.305. The van der Waals surface area contributed by atoms with E-state index in [4.69, 9.17) is 32.7 Å². The van der Waals surface area contributed by atoms with Gasteiger partial charge in [0.25, 0.3) is 0 Å². The molecular weight excluding hydrogens is 419 g/mol. The number of ether oxygens (including phenoxy) is 2. The van der Waals surface area contributed by atoms with Crippen molar-refractivity contribution in [3.8, 4) is 22.8 Å². The Morgan fingerprint density at radius 3 is 2.57 bits per heavy atom. The lowest BCUT2D eigenvalue weighted by Crippen LogP contribution is -1.98. The first-order valence-electron chi connectivity index (χ1n) is 9.43. The van der Waals surface area contributed by atoms with Crippen LogP contribution in [0, 0.1) is 0 Å². The Morgan fingerprint density at radius 2 is 1.80 bits per heavy atom. The number of hydrogen-bond donors (Lipinski definition) is 0. The predicted molar refractivity (Wildman–Crippen MR) is 121 cm³/mol. The molecule has 30 heavy (non-hydrogen) atoms. The number of methoxy groups -OCH3 is 1. The van der Waals surface area contributed by atoms with Crippen LogP contribution in [0.3, 0.4) is 0 Å². The van der Waals surface area contributed by atoms with E-state index >= 15 is 0 Å². The molecule has 1 aromatic heterocycles. The minimum Gasteiger partial charge on any atom is -0.497 e. The molecule has 0 spiro atoms. The van der Waals surface area contributed by atoms with Crippen molar-refractivity contribution in [2.45, 2.75) is 13.2 Å². The highest BCUT2D eigenvalue weighted by atomic mass is 35.5. The third kappa shape index (κ3) is 4.78. The van der Waals surface area contributed by atoms with Crippen molar-refractivity contribution in [1.29, 1.82) is 0 Å². The van der Waals surface area contributed by atoms with E-state index in [1.165, 1.54) is 0 Å². The largest absolute Gasteiger partial charge is 0.497 e. The molecule has 4 rings (SSSR count). The first-order chi connectivity index (χ1) is 14.6. The van der Waals surface area contributed by atoms with Gasteiger partial charge in [0, 0.05) is 34.4 Å².